The zero-order valence-corrected chi connectivity index (χ0v) is 14.8. The third-order valence-corrected chi connectivity index (χ3v) is 5.18. The standard InChI is InChI=1S/C19H14F3N3S/c1-10-7-8-16(26-10)14-9-12(18(21)22)17-11(2)24-25(19(17)23-14)15-6-4-3-5-13(15)20/h3-9,18H,1-2H3. The smallest absolute Gasteiger partial charge is 0.227 e. The Kier molecular flexibility index (Phi) is 4.03. The Balaban J connectivity index is 2.06. The summed E-state index contributed by atoms with van der Waals surface area (Å²) in [6.45, 7) is 3.57. The first-order chi connectivity index (χ1) is 12.5. The monoisotopic (exact) mass is 373 g/mol. The summed E-state index contributed by atoms with van der Waals surface area (Å²) in [6, 6.07) is 11.2. The maximum Gasteiger partial charge on any atom is 0.264 e. The third-order valence-electron chi connectivity index (χ3n) is 4.15. The number of nitrogens with zero attached hydrogens (tertiary/aromatic N) is 3. The number of aryl methyl sites for hydroxylation is 2. The molecular weight excluding hydrogens is 359 g/mol. The van der Waals surface area contributed by atoms with E-state index in [0.717, 1.165) is 9.75 Å². The van der Waals surface area contributed by atoms with Crippen LogP contribution in [0.3, 0.4) is 0 Å². The summed E-state index contributed by atoms with van der Waals surface area (Å²) < 4.78 is 43.0. The van der Waals surface area contributed by atoms with Crippen LogP contribution in [0.1, 0.15) is 22.6 Å². The van der Waals surface area contributed by atoms with Gasteiger partial charge in [-0.1, -0.05) is 12.1 Å². The van der Waals surface area contributed by atoms with Crippen molar-refractivity contribution in [3.63, 3.8) is 0 Å². The molecule has 0 radical (unpaired) electrons. The molecule has 7 heteroatoms. The van der Waals surface area contributed by atoms with Crippen LogP contribution >= 0.6 is 11.3 Å². The first-order valence-electron chi connectivity index (χ1n) is 7.96. The van der Waals surface area contributed by atoms with Gasteiger partial charge in [0.25, 0.3) is 6.43 Å². The Bertz CT molecular complexity index is 1110. The molecule has 0 aliphatic carbocycles. The minimum atomic E-state index is -2.68. The Morgan fingerprint density at radius 3 is 2.50 bits per heavy atom. The molecule has 0 saturated heterocycles. The van der Waals surface area contributed by atoms with E-state index in [1.165, 1.54) is 28.2 Å². The molecule has 0 unspecified atom stereocenters. The van der Waals surface area contributed by atoms with Crippen LogP contribution in [0.25, 0.3) is 27.3 Å². The molecule has 0 amide bonds. The highest BCUT2D eigenvalue weighted by molar-refractivity contribution is 7.15. The van der Waals surface area contributed by atoms with E-state index in [9.17, 15) is 13.2 Å². The van der Waals surface area contributed by atoms with Gasteiger partial charge in [0, 0.05) is 10.4 Å². The lowest BCUT2D eigenvalue weighted by molar-refractivity contribution is 0.153. The first kappa shape index (κ1) is 16.8. The minimum absolute atomic E-state index is 0.142. The van der Waals surface area contributed by atoms with E-state index in [0.29, 0.717) is 11.4 Å². The van der Waals surface area contributed by atoms with Crippen LogP contribution in [0, 0.1) is 19.7 Å². The molecule has 0 N–H and O–H groups in total. The topological polar surface area (TPSA) is 30.7 Å². The molecule has 26 heavy (non-hydrogen) atoms. The van der Waals surface area contributed by atoms with Crippen molar-refractivity contribution in [2.75, 3.05) is 0 Å². The van der Waals surface area contributed by atoms with E-state index >= 15 is 0 Å². The van der Waals surface area contributed by atoms with Gasteiger partial charge < -0.3 is 0 Å². The zero-order valence-electron chi connectivity index (χ0n) is 14.0. The van der Waals surface area contributed by atoms with Crippen molar-refractivity contribution in [1.82, 2.24) is 14.8 Å². The molecule has 0 aliphatic rings. The predicted molar refractivity (Wildman–Crippen MR) is 96.6 cm³/mol. The van der Waals surface area contributed by atoms with Crippen LogP contribution in [0.15, 0.2) is 42.5 Å². The second kappa shape index (κ2) is 6.25. The van der Waals surface area contributed by atoms with Gasteiger partial charge >= 0.3 is 0 Å². The fourth-order valence-corrected chi connectivity index (χ4v) is 3.81. The zero-order chi connectivity index (χ0) is 18.4. The summed E-state index contributed by atoms with van der Waals surface area (Å²) >= 11 is 1.47. The first-order valence-corrected chi connectivity index (χ1v) is 8.77. The number of thiophene rings is 1. The van der Waals surface area contributed by atoms with Crippen LogP contribution in [-0.2, 0) is 0 Å². The molecule has 0 saturated carbocycles. The number of pyridine rings is 1. The van der Waals surface area contributed by atoms with E-state index in [2.05, 4.69) is 10.1 Å². The third kappa shape index (κ3) is 2.68. The highest BCUT2D eigenvalue weighted by Gasteiger charge is 2.22. The van der Waals surface area contributed by atoms with Crippen molar-refractivity contribution in [2.24, 2.45) is 0 Å². The van der Waals surface area contributed by atoms with Crippen LogP contribution < -0.4 is 0 Å². The highest BCUT2D eigenvalue weighted by atomic mass is 32.1. The van der Waals surface area contributed by atoms with Crippen molar-refractivity contribution >= 4 is 22.4 Å². The van der Waals surface area contributed by atoms with Gasteiger partial charge in [-0.2, -0.15) is 5.10 Å². The fraction of sp³-hybridized carbons (Fsp3) is 0.158. The van der Waals surface area contributed by atoms with Crippen molar-refractivity contribution < 1.29 is 13.2 Å². The molecule has 3 nitrogen and oxygen atoms in total. The van der Waals surface area contributed by atoms with Gasteiger partial charge in [-0.25, -0.2) is 22.8 Å². The molecule has 3 heterocycles. The lowest BCUT2D eigenvalue weighted by Gasteiger charge is -2.08. The van der Waals surface area contributed by atoms with Crippen molar-refractivity contribution in [3.05, 3.63) is 64.4 Å². The van der Waals surface area contributed by atoms with E-state index in [1.54, 1.807) is 25.1 Å². The van der Waals surface area contributed by atoms with Gasteiger partial charge in [-0.05, 0) is 44.2 Å². The lowest BCUT2D eigenvalue weighted by atomic mass is 10.1. The predicted octanol–water partition coefficient (Wildman–Crippen LogP) is 5.84. The number of aromatic nitrogens is 3. The fourth-order valence-electron chi connectivity index (χ4n) is 2.98. The van der Waals surface area contributed by atoms with Crippen LogP contribution in [0.4, 0.5) is 13.2 Å². The molecule has 0 atom stereocenters. The van der Waals surface area contributed by atoms with E-state index in [4.69, 9.17) is 0 Å². The van der Waals surface area contributed by atoms with Gasteiger partial charge in [0.15, 0.2) is 5.65 Å². The number of hydrogen-bond donors (Lipinski definition) is 0. The Hall–Kier alpha value is -2.67. The Morgan fingerprint density at radius 1 is 1.08 bits per heavy atom. The molecule has 0 bridgehead atoms. The van der Waals surface area contributed by atoms with E-state index in [1.807, 2.05) is 19.1 Å². The van der Waals surface area contributed by atoms with Crippen molar-refractivity contribution in [1.29, 1.82) is 0 Å². The van der Waals surface area contributed by atoms with E-state index < -0.39 is 12.2 Å². The molecule has 3 aromatic heterocycles. The number of halogens is 3. The maximum absolute atomic E-state index is 14.3. The molecule has 1 aromatic carbocycles. The second-order valence-corrected chi connectivity index (χ2v) is 7.24. The molecule has 0 spiro atoms. The van der Waals surface area contributed by atoms with Gasteiger partial charge in [0.1, 0.15) is 11.5 Å². The average Bonchev–Trinajstić information content (AvgIpc) is 3.18. The molecular formula is C19H14F3N3S. The van der Waals surface area contributed by atoms with Gasteiger partial charge in [-0.15, -0.1) is 11.3 Å². The number of hydrogen-bond acceptors (Lipinski definition) is 3. The number of fused-ring (bicyclic) bond motifs is 1. The van der Waals surface area contributed by atoms with Crippen LogP contribution in [0.5, 0.6) is 0 Å². The Labute approximate surface area is 151 Å². The summed E-state index contributed by atoms with van der Waals surface area (Å²) in [5, 5.41) is 4.55. The number of rotatable bonds is 3. The maximum atomic E-state index is 14.3. The number of benzene rings is 1. The summed E-state index contributed by atoms with van der Waals surface area (Å²) in [5.74, 6) is -0.491. The van der Waals surface area contributed by atoms with Gasteiger partial charge in [-0.3, -0.25) is 0 Å². The second-order valence-electron chi connectivity index (χ2n) is 5.95. The molecule has 0 aliphatic heterocycles. The molecule has 4 rings (SSSR count). The quantitative estimate of drug-likeness (QED) is 0.451. The lowest BCUT2D eigenvalue weighted by Crippen LogP contribution is -2.01. The summed E-state index contributed by atoms with van der Waals surface area (Å²) in [7, 11) is 0. The SMILES string of the molecule is Cc1ccc(-c2cc(C(F)F)c3c(C)nn(-c4ccccc4F)c3n2)s1. The van der Waals surface area contributed by atoms with Crippen molar-refractivity contribution in [2.45, 2.75) is 20.3 Å². The van der Waals surface area contributed by atoms with Gasteiger partial charge in [0.05, 0.1) is 21.7 Å². The van der Waals surface area contributed by atoms with E-state index in [-0.39, 0.29) is 22.3 Å². The van der Waals surface area contributed by atoms with Crippen LogP contribution in [-0.4, -0.2) is 14.8 Å². The van der Waals surface area contributed by atoms with Crippen LogP contribution in [0.2, 0.25) is 0 Å². The summed E-state index contributed by atoms with van der Waals surface area (Å²) in [6.07, 6.45) is -2.68. The summed E-state index contributed by atoms with van der Waals surface area (Å²) in [4.78, 5) is 6.39. The number of alkyl halides is 2. The molecule has 4 aromatic rings. The van der Waals surface area contributed by atoms with Gasteiger partial charge in [0.2, 0.25) is 0 Å². The molecule has 132 valence electrons. The normalized spacial score (nSPS) is 11.6. The average molecular weight is 373 g/mol. The highest BCUT2D eigenvalue weighted by Crippen LogP contribution is 2.36. The molecule has 0 fully saturated rings. The largest absolute Gasteiger partial charge is 0.264 e. The Morgan fingerprint density at radius 2 is 1.85 bits per heavy atom. The number of para-hydroxylation sites is 1. The van der Waals surface area contributed by atoms with Crippen molar-refractivity contribution in [3.8, 4) is 16.3 Å². The minimum Gasteiger partial charge on any atom is -0.227 e. The summed E-state index contributed by atoms with van der Waals surface area (Å²) in [5.41, 5.74) is 1.09.